The molecule has 2 aromatic carbocycles. The lowest BCUT2D eigenvalue weighted by Gasteiger charge is -2.11. The van der Waals surface area contributed by atoms with Crippen LogP contribution in [0, 0.1) is 20.8 Å². The van der Waals surface area contributed by atoms with Crippen LogP contribution in [0.2, 0.25) is 10.0 Å². The smallest absolute Gasteiger partial charge is 0.276 e. The molecular weight excluding hydrogens is 391 g/mol. The van der Waals surface area contributed by atoms with Gasteiger partial charge in [0.2, 0.25) is 0 Å². The van der Waals surface area contributed by atoms with Crippen molar-refractivity contribution in [2.24, 2.45) is 0 Å². The highest BCUT2D eigenvalue weighted by molar-refractivity contribution is 6.32. The van der Waals surface area contributed by atoms with Gasteiger partial charge in [-0.2, -0.15) is 0 Å². The number of carbonyl (C=O) groups is 2. The molecule has 6 nitrogen and oxygen atoms in total. The Morgan fingerprint density at radius 2 is 1.30 bits per heavy atom. The van der Waals surface area contributed by atoms with Crippen molar-refractivity contribution in [3.63, 3.8) is 0 Å². The third-order valence-electron chi connectivity index (χ3n) is 3.62. The van der Waals surface area contributed by atoms with Crippen LogP contribution in [0.5, 0.6) is 11.5 Å². The van der Waals surface area contributed by atoms with E-state index >= 15 is 0 Å². The summed E-state index contributed by atoms with van der Waals surface area (Å²) in [6, 6.07) is 8.54. The minimum absolute atomic E-state index is 0.252. The summed E-state index contributed by atoms with van der Waals surface area (Å²) in [5.74, 6) is 0.0255. The highest BCUT2D eigenvalue weighted by Gasteiger charge is 2.09. The Labute approximate surface area is 167 Å². The lowest BCUT2D eigenvalue weighted by Crippen LogP contribution is -2.45. The Morgan fingerprint density at radius 3 is 1.81 bits per heavy atom. The van der Waals surface area contributed by atoms with Crippen molar-refractivity contribution in [2.45, 2.75) is 20.8 Å². The van der Waals surface area contributed by atoms with Crippen molar-refractivity contribution < 1.29 is 19.1 Å². The second-order valence-electron chi connectivity index (χ2n) is 5.96. The molecule has 0 radical (unpaired) electrons. The van der Waals surface area contributed by atoms with E-state index < -0.39 is 11.8 Å². The fraction of sp³-hybridized carbons (Fsp3) is 0.263. The molecule has 0 fully saturated rings. The van der Waals surface area contributed by atoms with Crippen LogP contribution in [0.1, 0.15) is 16.7 Å². The van der Waals surface area contributed by atoms with E-state index in [4.69, 9.17) is 32.7 Å². The molecule has 0 bridgehead atoms. The van der Waals surface area contributed by atoms with Crippen molar-refractivity contribution in [1.82, 2.24) is 10.9 Å². The van der Waals surface area contributed by atoms with E-state index in [9.17, 15) is 9.59 Å². The van der Waals surface area contributed by atoms with Crippen LogP contribution >= 0.6 is 23.2 Å². The Hall–Kier alpha value is -2.44. The molecule has 0 aliphatic rings. The fourth-order valence-electron chi connectivity index (χ4n) is 2.21. The molecule has 2 aromatic rings. The molecule has 0 saturated carbocycles. The summed E-state index contributed by atoms with van der Waals surface area (Å²) in [6.45, 7) is 5.03. The molecule has 0 saturated heterocycles. The average Bonchev–Trinajstić information content (AvgIpc) is 2.63. The van der Waals surface area contributed by atoms with Gasteiger partial charge in [-0.25, -0.2) is 0 Å². The molecule has 0 unspecified atom stereocenters. The predicted octanol–water partition coefficient (Wildman–Crippen LogP) is 3.52. The van der Waals surface area contributed by atoms with Crippen molar-refractivity contribution >= 4 is 35.0 Å². The number of benzene rings is 2. The van der Waals surface area contributed by atoms with E-state index in [0.717, 1.165) is 16.7 Å². The maximum absolute atomic E-state index is 11.8. The zero-order valence-electron chi connectivity index (χ0n) is 15.2. The van der Waals surface area contributed by atoms with Crippen molar-refractivity contribution in [3.05, 3.63) is 57.1 Å². The van der Waals surface area contributed by atoms with Gasteiger partial charge in [-0.1, -0.05) is 23.2 Å². The van der Waals surface area contributed by atoms with Crippen LogP contribution in [-0.2, 0) is 9.59 Å². The van der Waals surface area contributed by atoms with Crippen molar-refractivity contribution in [3.8, 4) is 11.5 Å². The largest absolute Gasteiger partial charge is 0.484 e. The summed E-state index contributed by atoms with van der Waals surface area (Å²) in [4.78, 5) is 23.5. The van der Waals surface area contributed by atoms with Gasteiger partial charge in [0.05, 0.1) is 0 Å². The summed E-state index contributed by atoms with van der Waals surface area (Å²) >= 11 is 12.0. The van der Waals surface area contributed by atoms with E-state index in [1.54, 1.807) is 30.3 Å². The Bertz CT molecular complexity index is 833. The summed E-state index contributed by atoms with van der Waals surface area (Å²) in [5, 5.41) is 1.28. The SMILES string of the molecule is Cc1cc(OCC(=O)NNC(=O)COc2cc(C)c(Cl)c(C)c2)ccc1Cl. The number of nitrogens with one attached hydrogen (secondary N) is 2. The third-order valence-corrected chi connectivity index (χ3v) is 4.64. The molecule has 2 amide bonds. The van der Waals surface area contributed by atoms with Gasteiger partial charge in [-0.05, 0) is 67.8 Å². The third kappa shape index (κ3) is 6.34. The van der Waals surface area contributed by atoms with Gasteiger partial charge >= 0.3 is 0 Å². The standard InChI is InChI=1S/C19H20Cl2N2O4/c1-11-6-14(4-5-16(11)20)26-9-17(24)22-23-18(25)10-27-15-7-12(2)19(21)13(3)8-15/h4-8H,9-10H2,1-3H3,(H,22,24)(H,23,25). The molecule has 27 heavy (non-hydrogen) atoms. The minimum atomic E-state index is -0.505. The van der Waals surface area contributed by atoms with Gasteiger partial charge in [0.1, 0.15) is 11.5 Å². The number of rotatable bonds is 6. The normalized spacial score (nSPS) is 10.3. The first-order chi connectivity index (χ1) is 12.8. The second-order valence-corrected chi connectivity index (χ2v) is 6.74. The maximum atomic E-state index is 11.8. The lowest BCUT2D eigenvalue weighted by atomic mass is 10.1. The molecule has 144 valence electrons. The Morgan fingerprint density at radius 1 is 0.815 bits per heavy atom. The van der Waals surface area contributed by atoms with E-state index in [1.165, 1.54) is 0 Å². The molecule has 0 atom stereocenters. The molecule has 0 spiro atoms. The van der Waals surface area contributed by atoms with Crippen LogP contribution in [0.25, 0.3) is 0 Å². The van der Waals surface area contributed by atoms with Crippen LogP contribution in [0.3, 0.4) is 0 Å². The molecule has 0 heterocycles. The number of amides is 2. The van der Waals surface area contributed by atoms with Gasteiger partial charge in [0, 0.05) is 10.0 Å². The van der Waals surface area contributed by atoms with Crippen molar-refractivity contribution in [1.29, 1.82) is 0 Å². The highest BCUT2D eigenvalue weighted by atomic mass is 35.5. The van der Waals surface area contributed by atoms with Gasteiger partial charge < -0.3 is 9.47 Å². The van der Waals surface area contributed by atoms with Gasteiger partial charge in [-0.15, -0.1) is 0 Å². The predicted molar refractivity (Wildman–Crippen MR) is 104 cm³/mol. The first-order valence-electron chi connectivity index (χ1n) is 8.12. The minimum Gasteiger partial charge on any atom is -0.484 e. The number of halogens is 2. The second kappa shape index (κ2) is 9.48. The van der Waals surface area contributed by atoms with E-state index in [1.807, 2.05) is 20.8 Å². The monoisotopic (exact) mass is 410 g/mol. The summed E-state index contributed by atoms with van der Waals surface area (Å²) < 4.78 is 10.7. The molecule has 0 aliphatic heterocycles. The topological polar surface area (TPSA) is 76.7 Å². The van der Waals surface area contributed by atoms with E-state index in [-0.39, 0.29) is 13.2 Å². The zero-order chi connectivity index (χ0) is 20.0. The van der Waals surface area contributed by atoms with Gasteiger partial charge in [0.25, 0.3) is 11.8 Å². The Kier molecular flexibility index (Phi) is 7.33. The summed E-state index contributed by atoms with van der Waals surface area (Å²) in [7, 11) is 0. The van der Waals surface area contributed by atoms with Crippen LogP contribution in [0.4, 0.5) is 0 Å². The maximum Gasteiger partial charge on any atom is 0.276 e. The fourth-order valence-corrected chi connectivity index (χ4v) is 2.43. The molecule has 8 heteroatoms. The number of hydrazine groups is 1. The van der Waals surface area contributed by atoms with Crippen LogP contribution in [-0.4, -0.2) is 25.0 Å². The number of hydrogen-bond donors (Lipinski definition) is 2. The summed E-state index contributed by atoms with van der Waals surface area (Å²) in [5.41, 5.74) is 7.07. The lowest BCUT2D eigenvalue weighted by molar-refractivity contribution is -0.131. The van der Waals surface area contributed by atoms with Gasteiger partial charge in [0.15, 0.2) is 13.2 Å². The van der Waals surface area contributed by atoms with Crippen LogP contribution in [0.15, 0.2) is 30.3 Å². The van der Waals surface area contributed by atoms with E-state index in [2.05, 4.69) is 10.9 Å². The molecule has 0 aliphatic carbocycles. The van der Waals surface area contributed by atoms with Crippen molar-refractivity contribution in [2.75, 3.05) is 13.2 Å². The zero-order valence-corrected chi connectivity index (χ0v) is 16.7. The highest BCUT2D eigenvalue weighted by Crippen LogP contribution is 2.25. The number of aryl methyl sites for hydroxylation is 3. The first kappa shape index (κ1) is 20.9. The summed E-state index contributed by atoms with van der Waals surface area (Å²) in [6.07, 6.45) is 0. The average molecular weight is 411 g/mol. The molecule has 2 rings (SSSR count). The number of carbonyl (C=O) groups excluding carboxylic acids is 2. The molecule has 0 aromatic heterocycles. The Balaban J connectivity index is 1.73. The van der Waals surface area contributed by atoms with Crippen LogP contribution < -0.4 is 20.3 Å². The molecular formula is C19H20Cl2N2O4. The molecule has 2 N–H and O–H groups in total. The first-order valence-corrected chi connectivity index (χ1v) is 8.88. The van der Waals surface area contributed by atoms with Gasteiger partial charge in [-0.3, -0.25) is 20.4 Å². The quantitative estimate of drug-likeness (QED) is 0.714. The number of ether oxygens (including phenoxy) is 2. The van der Waals surface area contributed by atoms with E-state index in [0.29, 0.717) is 21.5 Å². The number of hydrogen-bond acceptors (Lipinski definition) is 4.